The molecule has 1 N–H and O–H groups in total. The minimum absolute atomic E-state index is 0.196. The Kier molecular flexibility index (Phi) is 4.59. The summed E-state index contributed by atoms with van der Waals surface area (Å²) in [5.41, 5.74) is -1.03. The summed E-state index contributed by atoms with van der Waals surface area (Å²) in [5.74, 6) is 0. The van der Waals surface area contributed by atoms with Crippen LogP contribution >= 0.6 is 0 Å². The first-order valence-corrected chi connectivity index (χ1v) is 6.81. The van der Waals surface area contributed by atoms with Crippen LogP contribution in [0.4, 0.5) is 13.2 Å². The molecular weight excluding hydrogens is 283 g/mol. The third kappa shape index (κ3) is 3.92. The van der Waals surface area contributed by atoms with Gasteiger partial charge in [0.05, 0.1) is 16.6 Å². The van der Waals surface area contributed by atoms with E-state index < -0.39 is 32.8 Å². The van der Waals surface area contributed by atoms with Crippen LogP contribution < -0.4 is 0 Å². The molecule has 0 aliphatic carbocycles. The Labute approximate surface area is 109 Å². The Morgan fingerprint density at radius 3 is 2.42 bits per heavy atom. The van der Waals surface area contributed by atoms with Crippen LogP contribution in [-0.2, 0) is 16.2 Å². The van der Waals surface area contributed by atoms with Crippen molar-refractivity contribution in [1.82, 2.24) is 4.31 Å². The highest BCUT2D eigenvalue weighted by molar-refractivity contribution is 7.89. The SMILES string of the molecule is C[C@H](O)CN(C)S(=O)(=O)c1cccc(C(F)(F)F)c1. The third-order valence-corrected chi connectivity index (χ3v) is 4.21. The van der Waals surface area contributed by atoms with Crippen LogP contribution in [-0.4, -0.2) is 37.5 Å². The zero-order valence-corrected chi connectivity index (χ0v) is 11.2. The van der Waals surface area contributed by atoms with Gasteiger partial charge in [-0.2, -0.15) is 17.5 Å². The first-order valence-electron chi connectivity index (χ1n) is 5.37. The van der Waals surface area contributed by atoms with Gasteiger partial charge in [-0.25, -0.2) is 8.42 Å². The number of hydrogen-bond acceptors (Lipinski definition) is 3. The maximum absolute atomic E-state index is 12.5. The molecule has 19 heavy (non-hydrogen) atoms. The van der Waals surface area contributed by atoms with Crippen LogP contribution in [0, 0.1) is 0 Å². The summed E-state index contributed by atoms with van der Waals surface area (Å²) in [6, 6.07) is 3.50. The predicted octanol–water partition coefficient (Wildman–Crippen LogP) is 1.71. The Balaban J connectivity index is 3.16. The van der Waals surface area contributed by atoms with Crippen LogP contribution in [0.15, 0.2) is 29.2 Å². The van der Waals surface area contributed by atoms with Crippen molar-refractivity contribution in [3.63, 3.8) is 0 Å². The van der Waals surface area contributed by atoms with Crippen LogP contribution in [0.3, 0.4) is 0 Å². The average molecular weight is 297 g/mol. The summed E-state index contributed by atoms with van der Waals surface area (Å²) in [6.45, 7) is 1.19. The molecule has 1 atom stereocenters. The van der Waals surface area contributed by atoms with Gasteiger partial charge < -0.3 is 5.11 Å². The third-order valence-electron chi connectivity index (χ3n) is 2.39. The largest absolute Gasteiger partial charge is 0.416 e. The molecule has 1 aromatic rings. The second-order valence-electron chi connectivity index (χ2n) is 4.16. The summed E-state index contributed by atoms with van der Waals surface area (Å²) in [6.07, 6.45) is -5.51. The highest BCUT2D eigenvalue weighted by Crippen LogP contribution is 2.30. The van der Waals surface area contributed by atoms with E-state index in [-0.39, 0.29) is 6.54 Å². The minimum Gasteiger partial charge on any atom is -0.392 e. The summed E-state index contributed by atoms with van der Waals surface area (Å²) >= 11 is 0. The minimum atomic E-state index is -4.60. The van der Waals surface area contributed by atoms with Gasteiger partial charge in [0.15, 0.2) is 0 Å². The van der Waals surface area contributed by atoms with E-state index in [1.54, 1.807) is 0 Å². The van der Waals surface area contributed by atoms with Gasteiger partial charge in [0.1, 0.15) is 0 Å². The Bertz CT molecular complexity index is 540. The molecule has 1 aromatic carbocycles. The molecule has 0 saturated heterocycles. The van der Waals surface area contributed by atoms with Gasteiger partial charge in [0.2, 0.25) is 10.0 Å². The van der Waals surface area contributed by atoms with Crippen LogP contribution in [0.5, 0.6) is 0 Å². The second-order valence-corrected chi connectivity index (χ2v) is 6.21. The van der Waals surface area contributed by atoms with Crippen molar-refractivity contribution in [2.75, 3.05) is 13.6 Å². The lowest BCUT2D eigenvalue weighted by Crippen LogP contribution is -2.33. The molecule has 0 unspecified atom stereocenters. The zero-order chi connectivity index (χ0) is 14.8. The van der Waals surface area contributed by atoms with E-state index in [1.807, 2.05) is 0 Å². The number of rotatable bonds is 4. The number of alkyl halides is 3. The summed E-state index contributed by atoms with van der Waals surface area (Å²) in [5, 5.41) is 9.13. The number of sulfonamides is 1. The van der Waals surface area contributed by atoms with Crippen molar-refractivity contribution in [3.8, 4) is 0 Å². The Hall–Kier alpha value is -1.12. The van der Waals surface area contributed by atoms with Crippen LogP contribution in [0.25, 0.3) is 0 Å². The molecule has 0 fully saturated rings. The van der Waals surface area contributed by atoms with E-state index in [0.717, 1.165) is 22.5 Å². The van der Waals surface area contributed by atoms with Crippen molar-refractivity contribution in [2.24, 2.45) is 0 Å². The van der Waals surface area contributed by atoms with Crippen molar-refractivity contribution >= 4 is 10.0 Å². The summed E-state index contributed by atoms with van der Waals surface area (Å²) < 4.78 is 62.4. The number of hydrogen-bond donors (Lipinski definition) is 1. The number of nitrogens with zero attached hydrogens (tertiary/aromatic N) is 1. The quantitative estimate of drug-likeness (QED) is 0.920. The molecule has 0 aliphatic heterocycles. The molecule has 0 radical (unpaired) electrons. The van der Waals surface area contributed by atoms with Gasteiger partial charge in [-0.15, -0.1) is 0 Å². The second kappa shape index (κ2) is 5.48. The maximum atomic E-state index is 12.5. The highest BCUT2D eigenvalue weighted by Gasteiger charge is 2.32. The van der Waals surface area contributed by atoms with Crippen molar-refractivity contribution in [1.29, 1.82) is 0 Å². The molecule has 0 heterocycles. The summed E-state index contributed by atoms with van der Waals surface area (Å²) in [4.78, 5) is -0.453. The molecule has 0 saturated carbocycles. The molecule has 4 nitrogen and oxygen atoms in total. The molecule has 0 spiro atoms. The van der Waals surface area contributed by atoms with Gasteiger partial charge >= 0.3 is 6.18 Å². The molecule has 108 valence electrons. The smallest absolute Gasteiger partial charge is 0.392 e. The fourth-order valence-corrected chi connectivity index (χ4v) is 2.78. The Morgan fingerprint density at radius 1 is 1.37 bits per heavy atom. The standard InChI is InChI=1S/C11H14F3NO3S/c1-8(16)7-15(2)19(17,18)10-5-3-4-9(6-10)11(12,13)14/h3-6,8,16H,7H2,1-2H3/t8-/m0/s1. The molecule has 1 rings (SSSR count). The normalized spacial score (nSPS) is 14.7. The van der Waals surface area contributed by atoms with E-state index in [9.17, 15) is 21.6 Å². The highest BCUT2D eigenvalue weighted by atomic mass is 32.2. The zero-order valence-electron chi connectivity index (χ0n) is 10.3. The first-order chi connectivity index (χ1) is 8.55. The average Bonchev–Trinajstić information content (AvgIpc) is 2.27. The number of benzene rings is 1. The van der Waals surface area contributed by atoms with E-state index >= 15 is 0 Å². The van der Waals surface area contributed by atoms with Gasteiger partial charge in [-0.3, -0.25) is 0 Å². The van der Waals surface area contributed by atoms with Crippen molar-refractivity contribution in [3.05, 3.63) is 29.8 Å². The van der Waals surface area contributed by atoms with E-state index in [1.165, 1.54) is 14.0 Å². The van der Waals surface area contributed by atoms with Crippen molar-refractivity contribution < 1.29 is 26.7 Å². The molecule has 0 bridgehead atoms. The number of likely N-dealkylation sites (N-methyl/N-ethyl adjacent to an activating group) is 1. The number of aliphatic hydroxyl groups excluding tert-OH is 1. The number of aliphatic hydroxyl groups is 1. The fraction of sp³-hybridized carbons (Fsp3) is 0.455. The van der Waals surface area contributed by atoms with Gasteiger partial charge in [0.25, 0.3) is 0 Å². The van der Waals surface area contributed by atoms with Gasteiger partial charge in [-0.1, -0.05) is 6.07 Å². The fourth-order valence-electron chi connectivity index (χ4n) is 1.48. The van der Waals surface area contributed by atoms with E-state index in [0.29, 0.717) is 6.07 Å². The van der Waals surface area contributed by atoms with Crippen LogP contribution in [0.1, 0.15) is 12.5 Å². The molecule has 8 heteroatoms. The van der Waals surface area contributed by atoms with Gasteiger partial charge in [-0.05, 0) is 25.1 Å². The maximum Gasteiger partial charge on any atom is 0.416 e. The van der Waals surface area contributed by atoms with E-state index in [2.05, 4.69) is 0 Å². The van der Waals surface area contributed by atoms with E-state index in [4.69, 9.17) is 5.11 Å². The first kappa shape index (κ1) is 15.9. The molecule has 0 aliphatic rings. The van der Waals surface area contributed by atoms with Gasteiger partial charge in [0, 0.05) is 13.6 Å². The molecular formula is C11H14F3NO3S. The predicted molar refractivity (Wildman–Crippen MR) is 62.9 cm³/mol. The lowest BCUT2D eigenvalue weighted by atomic mass is 10.2. The monoisotopic (exact) mass is 297 g/mol. The van der Waals surface area contributed by atoms with Crippen molar-refractivity contribution in [2.45, 2.75) is 24.1 Å². The molecule has 0 amide bonds. The summed E-state index contributed by atoms with van der Waals surface area (Å²) in [7, 11) is -2.85. The number of halogens is 3. The van der Waals surface area contributed by atoms with Crippen LogP contribution in [0.2, 0.25) is 0 Å². The lowest BCUT2D eigenvalue weighted by molar-refractivity contribution is -0.137. The molecule has 0 aromatic heterocycles. The lowest BCUT2D eigenvalue weighted by Gasteiger charge is -2.19. The topological polar surface area (TPSA) is 57.6 Å². The Morgan fingerprint density at radius 2 is 1.95 bits per heavy atom.